The standard InChI is InChI=1S/C19H30N2O2/c1-8-19(6,7)21-16(22)13(2)20-17(23)14-9-11-15(12-10-14)18(3,4)5/h9-13H,8H2,1-7H3,(H,20,23)(H,21,22). The van der Waals surface area contributed by atoms with Crippen LogP contribution in [0.1, 0.15) is 70.8 Å². The molecule has 128 valence electrons. The summed E-state index contributed by atoms with van der Waals surface area (Å²) in [5, 5.41) is 5.69. The SMILES string of the molecule is CCC(C)(C)NC(=O)C(C)NC(=O)c1ccc(C(C)(C)C)cc1. The summed E-state index contributed by atoms with van der Waals surface area (Å²) < 4.78 is 0. The van der Waals surface area contributed by atoms with Gasteiger partial charge in [-0.15, -0.1) is 0 Å². The molecule has 0 aromatic heterocycles. The number of hydrogen-bond donors (Lipinski definition) is 2. The second-order valence-corrected chi connectivity index (χ2v) is 7.75. The van der Waals surface area contributed by atoms with Crippen LogP contribution in [0.25, 0.3) is 0 Å². The highest BCUT2D eigenvalue weighted by Gasteiger charge is 2.23. The zero-order chi connectivity index (χ0) is 17.8. The first-order valence-corrected chi connectivity index (χ1v) is 8.19. The van der Waals surface area contributed by atoms with E-state index in [9.17, 15) is 9.59 Å². The Balaban J connectivity index is 2.70. The average molecular weight is 318 g/mol. The molecular weight excluding hydrogens is 288 g/mol. The number of carbonyl (C=O) groups excluding carboxylic acids is 2. The Morgan fingerprint density at radius 2 is 1.57 bits per heavy atom. The summed E-state index contributed by atoms with van der Waals surface area (Å²) in [4.78, 5) is 24.4. The summed E-state index contributed by atoms with van der Waals surface area (Å²) in [7, 11) is 0. The molecular formula is C19H30N2O2. The van der Waals surface area contributed by atoms with E-state index in [2.05, 4.69) is 31.4 Å². The summed E-state index contributed by atoms with van der Waals surface area (Å²) in [6, 6.07) is 6.95. The van der Waals surface area contributed by atoms with Gasteiger partial charge in [-0.25, -0.2) is 0 Å². The van der Waals surface area contributed by atoms with Crippen molar-refractivity contribution in [1.29, 1.82) is 0 Å². The molecule has 1 aromatic carbocycles. The minimum Gasteiger partial charge on any atom is -0.349 e. The number of rotatable bonds is 5. The van der Waals surface area contributed by atoms with E-state index < -0.39 is 6.04 Å². The Bertz CT molecular complexity index is 554. The molecule has 0 saturated heterocycles. The van der Waals surface area contributed by atoms with Gasteiger partial charge in [0.25, 0.3) is 5.91 Å². The Labute approximate surface area is 140 Å². The van der Waals surface area contributed by atoms with Crippen LogP contribution < -0.4 is 10.6 Å². The molecule has 0 spiro atoms. The number of amides is 2. The number of benzene rings is 1. The second kappa shape index (κ2) is 7.16. The maximum absolute atomic E-state index is 12.3. The summed E-state index contributed by atoms with van der Waals surface area (Å²) in [5.41, 5.74) is 1.51. The van der Waals surface area contributed by atoms with Gasteiger partial charge in [-0.2, -0.15) is 0 Å². The van der Waals surface area contributed by atoms with E-state index in [4.69, 9.17) is 0 Å². The lowest BCUT2D eigenvalue weighted by molar-refractivity contribution is -0.124. The number of carbonyl (C=O) groups is 2. The molecule has 0 saturated carbocycles. The van der Waals surface area contributed by atoms with Crippen molar-refractivity contribution in [2.75, 3.05) is 0 Å². The highest BCUT2D eigenvalue weighted by Crippen LogP contribution is 2.22. The largest absolute Gasteiger partial charge is 0.349 e. The molecule has 23 heavy (non-hydrogen) atoms. The van der Waals surface area contributed by atoms with Crippen molar-refractivity contribution in [2.24, 2.45) is 0 Å². The summed E-state index contributed by atoms with van der Waals surface area (Å²) >= 11 is 0. The molecule has 2 amide bonds. The molecule has 4 heteroatoms. The normalized spacial score (nSPS) is 13.3. The van der Waals surface area contributed by atoms with Crippen LogP contribution in [0, 0.1) is 0 Å². The molecule has 4 nitrogen and oxygen atoms in total. The highest BCUT2D eigenvalue weighted by atomic mass is 16.2. The summed E-state index contributed by atoms with van der Waals surface area (Å²) in [6.45, 7) is 14.0. The molecule has 0 aliphatic rings. The lowest BCUT2D eigenvalue weighted by Crippen LogP contribution is -2.51. The van der Waals surface area contributed by atoms with E-state index in [-0.39, 0.29) is 22.8 Å². The predicted molar refractivity (Wildman–Crippen MR) is 94.6 cm³/mol. The van der Waals surface area contributed by atoms with Crippen molar-refractivity contribution >= 4 is 11.8 Å². The van der Waals surface area contributed by atoms with Gasteiger partial charge in [0.1, 0.15) is 6.04 Å². The summed E-state index contributed by atoms with van der Waals surface area (Å²) in [6.07, 6.45) is 0.827. The Hall–Kier alpha value is -1.84. The topological polar surface area (TPSA) is 58.2 Å². The lowest BCUT2D eigenvalue weighted by Gasteiger charge is -2.26. The van der Waals surface area contributed by atoms with Crippen LogP contribution in [0.15, 0.2) is 24.3 Å². The molecule has 0 aliphatic heterocycles. The maximum atomic E-state index is 12.3. The van der Waals surface area contributed by atoms with Gasteiger partial charge in [-0.05, 0) is 50.3 Å². The van der Waals surface area contributed by atoms with Crippen LogP contribution in [0.5, 0.6) is 0 Å². The second-order valence-electron chi connectivity index (χ2n) is 7.75. The quantitative estimate of drug-likeness (QED) is 0.874. The van der Waals surface area contributed by atoms with E-state index in [1.54, 1.807) is 19.1 Å². The minimum atomic E-state index is -0.574. The van der Waals surface area contributed by atoms with Crippen LogP contribution >= 0.6 is 0 Å². The van der Waals surface area contributed by atoms with Gasteiger partial charge < -0.3 is 10.6 Å². The fourth-order valence-electron chi connectivity index (χ4n) is 2.00. The first-order chi connectivity index (χ1) is 10.5. The third kappa shape index (κ3) is 5.70. The first-order valence-electron chi connectivity index (χ1n) is 8.19. The molecule has 0 fully saturated rings. The van der Waals surface area contributed by atoms with Gasteiger partial charge in [-0.1, -0.05) is 39.8 Å². The van der Waals surface area contributed by atoms with E-state index in [1.807, 2.05) is 32.9 Å². The van der Waals surface area contributed by atoms with Gasteiger partial charge in [0, 0.05) is 11.1 Å². The van der Waals surface area contributed by atoms with Crippen molar-refractivity contribution in [3.63, 3.8) is 0 Å². The fraction of sp³-hybridized carbons (Fsp3) is 0.579. The molecule has 1 unspecified atom stereocenters. The molecule has 0 aliphatic carbocycles. The van der Waals surface area contributed by atoms with Crippen LogP contribution in [-0.4, -0.2) is 23.4 Å². The smallest absolute Gasteiger partial charge is 0.251 e. The van der Waals surface area contributed by atoms with Crippen LogP contribution in [0.3, 0.4) is 0 Å². The van der Waals surface area contributed by atoms with Crippen LogP contribution in [0.2, 0.25) is 0 Å². The van der Waals surface area contributed by atoms with Gasteiger partial charge in [0.05, 0.1) is 0 Å². The van der Waals surface area contributed by atoms with Gasteiger partial charge in [-0.3, -0.25) is 9.59 Å². The van der Waals surface area contributed by atoms with Crippen LogP contribution in [0.4, 0.5) is 0 Å². The monoisotopic (exact) mass is 318 g/mol. The van der Waals surface area contributed by atoms with Crippen molar-refractivity contribution in [3.05, 3.63) is 35.4 Å². The van der Waals surface area contributed by atoms with Gasteiger partial charge >= 0.3 is 0 Å². The zero-order valence-electron chi connectivity index (χ0n) is 15.4. The molecule has 1 atom stereocenters. The summed E-state index contributed by atoms with van der Waals surface area (Å²) in [5.74, 6) is -0.404. The van der Waals surface area contributed by atoms with Crippen molar-refractivity contribution < 1.29 is 9.59 Å². The molecule has 0 heterocycles. The van der Waals surface area contributed by atoms with Gasteiger partial charge in [0.15, 0.2) is 0 Å². The number of nitrogens with one attached hydrogen (secondary N) is 2. The van der Waals surface area contributed by atoms with Crippen molar-refractivity contribution in [2.45, 2.75) is 71.9 Å². The third-order valence-corrected chi connectivity index (χ3v) is 4.10. The molecule has 1 aromatic rings. The van der Waals surface area contributed by atoms with Crippen molar-refractivity contribution in [3.8, 4) is 0 Å². The Kier molecular flexibility index (Phi) is 5.98. The fourth-order valence-corrected chi connectivity index (χ4v) is 2.00. The molecule has 0 radical (unpaired) electrons. The molecule has 0 bridgehead atoms. The number of hydrogen-bond acceptors (Lipinski definition) is 2. The van der Waals surface area contributed by atoms with E-state index in [1.165, 1.54) is 5.56 Å². The lowest BCUT2D eigenvalue weighted by atomic mass is 9.86. The predicted octanol–water partition coefficient (Wildman–Crippen LogP) is 3.41. The Morgan fingerprint density at radius 3 is 2.00 bits per heavy atom. The molecule has 2 N–H and O–H groups in total. The molecule has 1 rings (SSSR count). The van der Waals surface area contributed by atoms with E-state index >= 15 is 0 Å². The van der Waals surface area contributed by atoms with E-state index in [0.717, 1.165) is 6.42 Å². The highest BCUT2D eigenvalue weighted by molar-refractivity contribution is 5.97. The maximum Gasteiger partial charge on any atom is 0.251 e. The minimum absolute atomic E-state index is 0.0495. The van der Waals surface area contributed by atoms with E-state index in [0.29, 0.717) is 5.56 Å². The van der Waals surface area contributed by atoms with Crippen LogP contribution in [-0.2, 0) is 10.2 Å². The average Bonchev–Trinajstić information content (AvgIpc) is 2.46. The van der Waals surface area contributed by atoms with Gasteiger partial charge in [0.2, 0.25) is 5.91 Å². The first kappa shape index (κ1) is 19.2. The third-order valence-electron chi connectivity index (χ3n) is 4.10. The Morgan fingerprint density at radius 1 is 1.04 bits per heavy atom. The van der Waals surface area contributed by atoms with Crippen molar-refractivity contribution in [1.82, 2.24) is 10.6 Å². The zero-order valence-corrected chi connectivity index (χ0v) is 15.4.